The van der Waals surface area contributed by atoms with Crippen LogP contribution in [0.4, 0.5) is 0 Å². The van der Waals surface area contributed by atoms with Gasteiger partial charge >= 0.3 is 0 Å². The zero-order chi connectivity index (χ0) is 12.6. The van der Waals surface area contributed by atoms with E-state index in [9.17, 15) is 5.11 Å². The molecule has 1 atom stereocenters. The van der Waals surface area contributed by atoms with Gasteiger partial charge in [-0.25, -0.2) is 4.98 Å². The first kappa shape index (κ1) is 12.1. The minimum atomic E-state index is -0.467. The quantitative estimate of drug-likeness (QED) is 0.890. The second-order valence-corrected chi connectivity index (χ2v) is 6.26. The summed E-state index contributed by atoms with van der Waals surface area (Å²) >= 11 is 1.73. The molecule has 2 aromatic rings. The fourth-order valence-electron chi connectivity index (χ4n) is 2.27. The van der Waals surface area contributed by atoms with Crippen molar-refractivity contribution in [1.82, 2.24) is 10.3 Å². The topological polar surface area (TPSA) is 45.1 Å². The number of aliphatic hydroxyl groups is 1. The molecule has 0 saturated heterocycles. The molecule has 1 fully saturated rings. The number of nitrogens with zero attached hydrogens (tertiary/aromatic N) is 1. The van der Waals surface area contributed by atoms with Crippen LogP contribution in [0.15, 0.2) is 24.3 Å². The lowest BCUT2D eigenvalue weighted by Crippen LogP contribution is -2.46. The van der Waals surface area contributed by atoms with Gasteiger partial charge in [0.15, 0.2) is 0 Å². The SMILES string of the molecule is CC(NCC1(O)CCC1)c1nc2ccccc2s1. The van der Waals surface area contributed by atoms with Crippen LogP contribution in [-0.4, -0.2) is 22.2 Å². The first-order chi connectivity index (χ1) is 8.66. The van der Waals surface area contributed by atoms with E-state index in [-0.39, 0.29) is 6.04 Å². The Hall–Kier alpha value is -0.970. The molecule has 3 rings (SSSR count). The van der Waals surface area contributed by atoms with Crippen LogP contribution in [-0.2, 0) is 0 Å². The Bertz CT molecular complexity index is 514. The van der Waals surface area contributed by atoms with Gasteiger partial charge in [0.2, 0.25) is 0 Å². The molecule has 3 nitrogen and oxygen atoms in total. The van der Waals surface area contributed by atoms with E-state index >= 15 is 0 Å². The predicted octanol–water partition coefficient (Wildman–Crippen LogP) is 2.86. The maximum atomic E-state index is 10.1. The van der Waals surface area contributed by atoms with Crippen molar-refractivity contribution in [2.75, 3.05) is 6.54 Å². The molecule has 0 bridgehead atoms. The average molecular weight is 262 g/mol. The average Bonchev–Trinajstić information content (AvgIpc) is 2.77. The van der Waals surface area contributed by atoms with Crippen LogP contribution in [0.5, 0.6) is 0 Å². The second kappa shape index (κ2) is 4.61. The number of fused-ring (bicyclic) bond motifs is 1. The molecule has 4 heteroatoms. The van der Waals surface area contributed by atoms with E-state index in [0.717, 1.165) is 29.8 Å². The highest BCUT2D eigenvalue weighted by molar-refractivity contribution is 7.18. The summed E-state index contributed by atoms with van der Waals surface area (Å²) in [6, 6.07) is 8.40. The summed E-state index contributed by atoms with van der Waals surface area (Å²) in [4.78, 5) is 4.63. The number of aromatic nitrogens is 1. The molecule has 1 unspecified atom stereocenters. The minimum Gasteiger partial charge on any atom is -0.389 e. The smallest absolute Gasteiger partial charge is 0.111 e. The highest BCUT2D eigenvalue weighted by atomic mass is 32.1. The van der Waals surface area contributed by atoms with E-state index in [1.54, 1.807) is 11.3 Å². The van der Waals surface area contributed by atoms with Gasteiger partial charge in [-0.2, -0.15) is 0 Å². The largest absolute Gasteiger partial charge is 0.389 e. The molecule has 0 amide bonds. The van der Waals surface area contributed by atoms with Crippen molar-refractivity contribution in [3.63, 3.8) is 0 Å². The Kier molecular flexibility index (Phi) is 3.09. The molecule has 96 valence electrons. The summed E-state index contributed by atoms with van der Waals surface area (Å²) in [5.74, 6) is 0. The zero-order valence-corrected chi connectivity index (χ0v) is 11.3. The van der Waals surface area contributed by atoms with Crippen LogP contribution >= 0.6 is 11.3 Å². The Morgan fingerprint density at radius 3 is 2.89 bits per heavy atom. The summed E-state index contributed by atoms with van der Waals surface area (Å²) < 4.78 is 1.23. The Morgan fingerprint density at radius 1 is 1.44 bits per heavy atom. The fourth-order valence-corrected chi connectivity index (χ4v) is 3.26. The van der Waals surface area contributed by atoms with Crippen molar-refractivity contribution >= 4 is 21.6 Å². The molecule has 0 spiro atoms. The van der Waals surface area contributed by atoms with E-state index in [0.29, 0.717) is 6.54 Å². The van der Waals surface area contributed by atoms with Crippen molar-refractivity contribution in [1.29, 1.82) is 0 Å². The molecule has 0 aliphatic heterocycles. The Balaban J connectivity index is 1.69. The van der Waals surface area contributed by atoms with Gasteiger partial charge in [0.25, 0.3) is 0 Å². The van der Waals surface area contributed by atoms with Crippen molar-refractivity contribution in [2.45, 2.75) is 37.8 Å². The third-order valence-corrected chi connectivity index (χ3v) is 4.92. The van der Waals surface area contributed by atoms with Gasteiger partial charge in [-0.1, -0.05) is 12.1 Å². The fraction of sp³-hybridized carbons (Fsp3) is 0.500. The molecule has 2 N–H and O–H groups in total. The van der Waals surface area contributed by atoms with Gasteiger partial charge in [-0.3, -0.25) is 0 Å². The molecule has 1 aromatic carbocycles. The van der Waals surface area contributed by atoms with Crippen LogP contribution < -0.4 is 5.32 Å². The second-order valence-electron chi connectivity index (χ2n) is 5.20. The number of benzene rings is 1. The van der Waals surface area contributed by atoms with E-state index in [2.05, 4.69) is 23.3 Å². The first-order valence-electron chi connectivity index (χ1n) is 6.48. The van der Waals surface area contributed by atoms with E-state index in [1.807, 2.05) is 18.2 Å². The number of para-hydroxylation sites is 1. The van der Waals surface area contributed by atoms with Crippen molar-refractivity contribution in [3.8, 4) is 0 Å². The third kappa shape index (κ3) is 2.28. The van der Waals surface area contributed by atoms with Crippen LogP contribution in [0.3, 0.4) is 0 Å². The monoisotopic (exact) mass is 262 g/mol. The standard InChI is InChI=1S/C14H18N2OS/c1-10(15-9-14(17)7-4-8-14)13-16-11-5-2-3-6-12(11)18-13/h2-3,5-6,10,15,17H,4,7-9H2,1H3. The lowest BCUT2D eigenvalue weighted by Gasteiger charge is -2.37. The number of hydrogen-bond acceptors (Lipinski definition) is 4. The molecule has 1 aliphatic rings. The molecule has 1 aliphatic carbocycles. The van der Waals surface area contributed by atoms with Gasteiger partial charge in [-0.05, 0) is 38.3 Å². The molecule has 1 saturated carbocycles. The number of rotatable bonds is 4. The van der Waals surface area contributed by atoms with Crippen molar-refractivity contribution in [3.05, 3.63) is 29.3 Å². The lowest BCUT2D eigenvalue weighted by atomic mass is 9.80. The van der Waals surface area contributed by atoms with Crippen LogP contribution in [0.1, 0.15) is 37.2 Å². The third-order valence-electron chi connectivity index (χ3n) is 3.70. The first-order valence-corrected chi connectivity index (χ1v) is 7.29. The van der Waals surface area contributed by atoms with Crippen molar-refractivity contribution in [2.24, 2.45) is 0 Å². The maximum absolute atomic E-state index is 10.1. The Labute approximate surface area is 111 Å². The van der Waals surface area contributed by atoms with Gasteiger partial charge in [0.05, 0.1) is 21.9 Å². The predicted molar refractivity (Wildman–Crippen MR) is 74.8 cm³/mol. The molecule has 18 heavy (non-hydrogen) atoms. The number of thiazole rings is 1. The highest BCUT2D eigenvalue weighted by Gasteiger charge is 2.34. The van der Waals surface area contributed by atoms with Crippen molar-refractivity contribution < 1.29 is 5.11 Å². The summed E-state index contributed by atoms with van der Waals surface area (Å²) in [7, 11) is 0. The minimum absolute atomic E-state index is 0.201. The summed E-state index contributed by atoms with van der Waals surface area (Å²) in [6.07, 6.45) is 2.99. The van der Waals surface area contributed by atoms with Gasteiger partial charge in [0.1, 0.15) is 5.01 Å². The summed E-state index contributed by atoms with van der Waals surface area (Å²) in [5.41, 5.74) is 0.596. The normalized spacial score (nSPS) is 19.7. The molecular weight excluding hydrogens is 244 g/mol. The van der Waals surface area contributed by atoms with E-state index < -0.39 is 5.60 Å². The van der Waals surface area contributed by atoms with Crippen LogP contribution in [0, 0.1) is 0 Å². The Morgan fingerprint density at radius 2 is 2.22 bits per heavy atom. The molecule has 0 radical (unpaired) electrons. The van der Waals surface area contributed by atoms with Gasteiger partial charge < -0.3 is 10.4 Å². The maximum Gasteiger partial charge on any atom is 0.111 e. The highest BCUT2D eigenvalue weighted by Crippen LogP contribution is 2.32. The van der Waals surface area contributed by atoms with Gasteiger partial charge in [0, 0.05) is 6.54 Å². The van der Waals surface area contributed by atoms with Gasteiger partial charge in [-0.15, -0.1) is 11.3 Å². The summed E-state index contributed by atoms with van der Waals surface area (Å²) in [6.45, 7) is 2.78. The van der Waals surface area contributed by atoms with E-state index in [1.165, 1.54) is 4.70 Å². The van der Waals surface area contributed by atoms with Crippen LogP contribution in [0.25, 0.3) is 10.2 Å². The zero-order valence-electron chi connectivity index (χ0n) is 10.5. The molecule has 1 heterocycles. The molecular formula is C14H18N2OS. The lowest BCUT2D eigenvalue weighted by molar-refractivity contribution is -0.0329. The summed E-state index contributed by atoms with van der Waals surface area (Å²) in [5, 5.41) is 14.6. The number of hydrogen-bond donors (Lipinski definition) is 2. The van der Waals surface area contributed by atoms with E-state index in [4.69, 9.17) is 0 Å². The molecule has 1 aromatic heterocycles. The number of nitrogens with one attached hydrogen (secondary N) is 1. The van der Waals surface area contributed by atoms with Crippen LogP contribution in [0.2, 0.25) is 0 Å².